The zero-order valence-corrected chi connectivity index (χ0v) is 9.51. The van der Waals surface area contributed by atoms with E-state index in [0.29, 0.717) is 13.0 Å². The molecule has 1 unspecified atom stereocenters. The molecule has 1 rings (SSSR count). The molecule has 0 saturated heterocycles. The van der Waals surface area contributed by atoms with Gasteiger partial charge >= 0.3 is 0 Å². The Morgan fingerprint density at radius 3 is 3.06 bits per heavy atom. The lowest BCUT2D eigenvalue weighted by molar-refractivity contribution is 0.170. The number of nitrogens with zero attached hydrogens (tertiary/aromatic N) is 2. The Morgan fingerprint density at radius 1 is 1.69 bits per heavy atom. The summed E-state index contributed by atoms with van der Waals surface area (Å²) in [5.41, 5.74) is -0.193. The van der Waals surface area contributed by atoms with E-state index >= 15 is 0 Å². The number of aromatic nitrogens is 2. The molecule has 1 aromatic heterocycles. The van der Waals surface area contributed by atoms with Crippen molar-refractivity contribution >= 4 is 5.82 Å². The molecule has 0 aromatic carbocycles. The molecule has 0 aliphatic carbocycles. The van der Waals surface area contributed by atoms with Gasteiger partial charge in [-0.25, -0.2) is 4.98 Å². The van der Waals surface area contributed by atoms with Gasteiger partial charge in [-0.05, 0) is 6.42 Å². The summed E-state index contributed by atoms with van der Waals surface area (Å²) in [5, 5.41) is 11.8. The maximum atomic E-state index is 11.6. The van der Waals surface area contributed by atoms with Gasteiger partial charge in [-0.15, -0.1) is 0 Å². The predicted octanol–water partition coefficient (Wildman–Crippen LogP) is -0.410. The molecule has 1 atom stereocenters. The minimum atomic E-state index is -0.193. The fourth-order valence-corrected chi connectivity index (χ4v) is 1.34. The van der Waals surface area contributed by atoms with Gasteiger partial charge in [-0.2, -0.15) is 0 Å². The van der Waals surface area contributed by atoms with E-state index in [1.54, 1.807) is 26.6 Å². The van der Waals surface area contributed by atoms with Crippen LogP contribution in [0, 0.1) is 0 Å². The van der Waals surface area contributed by atoms with E-state index in [0.717, 1.165) is 0 Å². The van der Waals surface area contributed by atoms with Crippen LogP contribution < -0.4 is 10.9 Å². The largest absolute Gasteiger partial charge is 0.396 e. The molecule has 0 radical (unpaired) electrons. The average Bonchev–Trinajstić information content (AvgIpc) is 2.25. The van der Waals surface area contributed by atoms with Crippen molar-refractivity contribution in [2.45, 2.75) is 12.5 Å². The van der Waals surface area contributed by atoms with Gasteiger partial charge in [0, 0.05) is 33.2 Å². The van der Waals surface area contributed by atoms with Crippen molar-refractivity contribution in [2.24, 2.45) is 7.05 Å². The van der Waals surface area contributed by atoms with E-state index in [1.807, 2.05) is 0 Å². The molecule has 0 saturated carbocycles. The zero-order valence-electron chi connectivity index (χ0n) is 9.51. The fraction of sp³-hybridized carbons (Fsp3) is 0.600. The Labute approximate surface area is 93.9 Å². The van der Waals surface area contributed by atoms with Gasteiger partial charge in [-0.3, -0.25) is 4.79 Å². The van der Waals surface area contributed by atoms with Gasteiger partial charge in [0.1, 0.15) is 0 Å². The lowest BCUT2D eigenvalue weighted by Gasteiger charge is -2.16. The Kier molecular flexibility index (Phi) is 4.94. The summed E-state index contributed by atoms with van der Waals surface area (Å²) in [5.74, 6) is 0.278. The molecular formula is C10H17N3O3. The minimum Gasteiger partial charge on any atom is -0.396 e. The Hall–Kier alpha value is -1.40. The molecule has 0 amide bonds. The summed E-state index contributed by atoms with van der Waals surface area (Å²) in [7, 11) is 3.23. The monoisotopic (exact) mass is 227 g/mol. The number of ether oxygens (including phenoxy) is 1. The molecule has 1 heterocycles. The van der Waals surface area contributed by atoms with Gasteiger partial charge < -0.3 is 19.7 Å². The van der Waals surface area contributed by atoms with Crippen LogP contribution in [0.25, 0.3) is 0 Å². The first-order valence-corrected chi connectivity index (χ1v) is 5.07. The first-order valence-electron chi connectivity index (χ1n) is 5.07. The van der Waals surface area contributed by atoms with Gasteiger partial charge in [0.25, 0.3) is 5.56 Å². The van der Waals surface area contributed by atoms with Crippen molar-refractivity contribution in [1.29, 1.82) is 0 Å². The molecule has 16 heavy (non-hydrogen) atoms. The highest BCUT2D eigenvalue weighted by molar-refractivity contribution is 5.32. The highest BCUT2D eigenvalue weighted by atomic mass is 16.5. The van der Waals surface area contributed by atoms with Crippen LogP contribution in [-0.2, 0) is 11.8 Å². The molecule has 0 aliphatic rings. The number of rotatable bonds is 6. The predicted molar refractivity (Wildman–Crippen MR) is 60.5 cm³/mol. The number of aryl methyl sites for hydroxylation is 1. The molecule has 6 heteroatoms. The van der Waals surface area contributed by atoms with E-state index in [4.69, 9.17) is 9.84 Å². The van der Waals surface area contributed by atoms with Crippen LogP contribution in [0.4, 0.5) is 5.82 Å². The van der Waals surface area contributed by atoms with Crippen molar-refractivity contribution in [2.75, 3.05) is 25.6 Å². The topological polar surface area (TPSA) is 76.4 Å². The molecule has 0 aliphatic heterocycles. The quantitative estimate of drug-likeness (QED) is 0.691. The summed E-state index contributed by atoms with van der Waals surface area (Å²) in [6.07, 6.45) is 3.64. The summed E-state index contributed by atoms with van der Waals surface area (Å²) >= 11 is 0. The molecule has 6 nitrogen and oxygen atoms in total. The number of hydrogen-bond donors (Lipinski definition) is 2. The third-order valence-corrected chi connectivity index (χ3v) is 2.20. The van der Waals surface area contributed by atoms with Crippen LogP contribution >= 0.6 is 0 Å². The summed E-state index contributed by atoms with van der Waals surface area (Å²) in [4.78, 5) is 15.6. The lowest BCUT2D eigenvalue weighted by atomic mass is 10.2. The molecule has 2 N–H and O–H groups in total. The molecule has 0 spiro atoms. The maximum absolute atomic E-state index is 11.6. The second kappa shape index (κ2) is 6.24. The minimum absolute atomic E-state index is 0.0359. The maximum Gasteiger partial charge on any atom is 0.293 e. The number of aliphatic hydroxyl groups excluding tert-OH is 1. The summed E-state index contributed by atoms with van der Waals surface area (Å²) in [6, 6.07) is -0.113. The van der Waals surface area contributed by atoms with Crippen molar-refractivity contribution in [1.82, 2.24) is 9.55 Å². The van der Waals surface area contributed by atoms with Crippen LogP contribution in [-0.4, -0.2) is 41.0 Å². The molecule has 1 aromatic rings. The molecule has 0 fully saturated rings. The van der Waals surface area contributed by atoms with E-state index < -0.39 is 0 Å². The second-order valence-corrected chi connectivity index (χ2v) is 3.50. The SMILES string of the molecule is COCC(CCO)Nc1nccn(C)c1=O. The van der Waals surface area contributed by atoms with E-state index in [1.165, 1.54) is 4.57 Å². The van der Waals surface area contributed by atoms with Gasteiger partial charge in [0.05, 0.1) is 12.6 Å². The Morgan fingerprint density at radius 2 is 2.44 bits per heavy atom. The van der Waals surface area contributed by atoms with Crippen molar-refractivity contribution in [3.05, 3.63) is 22.7 Å². The van der Waals surface area contributed by atoms with Crippen LogP contribution in [0.3, 0.4) is 0 Å². The average molecular weight is 227 g/mol. The molecule has 90 valence electrons. The van der Waals surface area contributed by atoms with Crippen LogP contribution in [0.15, 0.2) is 17.2 Å². The third kappa shape index (κ3) is 3.32. The summed E-state index contributed by atoms with van der Waals surface area (Å²) < 4.78 is 6.43. The van der Waals surface area contributed by atoms with E-state index in [2.05, 4.69) is 10.3 Å². The van der Waals surface area contributed by atoms with Gasteiger partial charge in [0.15, 0.2) is 5.82 Å². The number of hydrogen-bond acceptors (Lipinski definition) is 5. The Bertz CT molecular complexity index is 372. The lowest BCUT2D eigenvalue weighted by Crippen LogP contribution is -2.31. The molecular weight excluding hydrogens is 210 g/mol. The second-order valence-electron chi connectivity index (χ2n) is 3.50. The third-order valence-electron chi connectivity index (χ3n) is 2.20. The van der Waals surface area contributed by atoms with E-state index in [-0.39, 0.29) is 24.0 Å². The normalized spacial score (nSPS) is 12.4. The number of nitrogens with one attached hydrogen (secondary N) is 1. The number of methoxy groups -OCH3 is 1. The Balaban J connectivity index is 2.76. The summed E-state index contributed by atoms with van der Waals surface area (Å²) in [6.45, 7) is 0.453. The first-order chi connectivity index (χ1) is 7.69. The number of aliphatic hydroxyl groups is 1. The fourth-order valence-electron chi connectivity index (χ4n) is 1.34. The van der Waals surface area contributed by atoms with Crippen molar-refractivity contribution in [3.8, 4) is 0 Å². The van der Waals surface area contributed by atoms with E-state index in [9.17, 15) is 4.79 Å². The highest BCUT2D eigenvalue weighted by Gasteiger charge is 2.11. The van der Waals surface area contributed by atoms with Gasteiger partial charge in [-0.1, -0.05) is 0 Å². The van der Waals surface area contributed by atoms with Gasteiger partial charge in [0.2, 0.25) is 0 Å². The van der Waals surface area contributed by atoms with Crippen molar-refractivity contribution in [3.63, 3.8) is 0 Å². The number of anilines is 1. The first kappa shape index (κ1) is 12.7. The zero-order chi connectivity index (χ0) is 12.0. The molecule has 0 bridgehead atoms. The smallest absolute Gasteiger partial charge is 0.293 e. The van der Waals surface area contributed by atoms with Crippen LogP contribution in [0.1, 0.15) is 6.42 Å². The standard InChI is InChI=1S/C10H17N3O3/c1-13-5-4-11-9(10(13)15)12-8(3-6-14)7-16-2/h4-5,8,14H,3,6-7H2,1-2H3,(H,11,12). The highest BCUT2D eigenvalue weighted by Crippen LogP contribution is 2.00. The van der Waals surface area contributed by atoms with Crippen molar-refractivity contribution < 1.29 is 9.84 Å². The van der Waals surface area contributed by atoms with Crippen LogP contribution in [0.5, 0.6) is 0 Å². The van der Waals surface area contributed by atoms with Crippen LogP contribution in [0.2, 0.25) is 0 Å².